The van der Waals surface area contributed by atoms with E-state index in [1.807, 2.05) is 0 Å². The molecule has 0 aromatic heterocycles. The van der Waals surface area contributed by atoms with E-state index < -0.39 is 129 Å². The van der Waals surface area contributed by atoms with Gasteiger partial charge in [-0.15, -0.1) is 5.20 Å². The fraction of sp³-hybridized carbons (Fsp3) is 0.727. The van der Waals surface area contributed by atoms with Gasteiger partial charge in [0.25, 0.3) is 12.5 Å². The fourth-order valence-electron chi connectivity index (χ4n) is 5.93. The quantitative estimate of drug-likeness (QED) is 0.113. The molecule has 0 radical (unpaired) electrons. The zero-order valence-corrected chi connectivity index (χ0v) is 35.8. The number of nitrogens with one attached hydrogen (secondary N) is 1. The number of amidine groups is 1. The molecule has 0 aromatic rings. The van der Waals surface area contributed by atoms with E-state index in [4.69, 9.17) is 63.5 Å². The molecule has 1 N–H and O–H groups in total. The number of carbonyl (C=O) groups is 8. The standard InChI is InChI=1S/C33H48N3O19PS2/c1-10-46-56(57,47-11-2)35-36-24(44)14-58-33(36)34-31-29(51-20(8)42)27(49-18(6)40)26(23(53-31)13-45-16(4)38)55-32-30(52-21(9)43)28(50-19(7)41)25(48-17(5)39)22(54-32)12-15(3)37/h22-23,25-32H,10-14H2,1-9H3,(H,35,57)/t22-,23-,25+,26-,27+,28+,29-,30-,31-,32+/m1/s1. The van der Waals surface area contributed by atoms with Gasteiger partial charge in [-0.1, -0.05) is 11.8 Å². The first-order valence-corrected chi connectivity index (χ1v) is 21.5. The van der Waals surface area contributed by atoms with Crippen LogP contribution >= 0.6 is 18.4 Å². The second kappa shape index (κ2) is 22.1. The van der Waals surface area contributed by atoms with Crippen LogP contribution in [-0.4, -0.2) is 145 Å². The molecule has 0 unspecified atom stereocenters. The number of hydrogen-bond acceptors (Lipinski definition) is 22. The summed E-state index contributed by atoms with van der Waals surface area (Å²) in [6.45, 7) is 7.21. The van der Waals surface area contributed by atoms with E-state index in [1.54, 1.807) is 13.8 Å². The molecule has 0 aliphatic carbocycles. The summed E-state index contributed by atoms with van der Waals surface area (Å²) in [7, 11) is 0. The minimum absolute atomic E-state index is 0.0497. The van der Waals surface area contributed by atoms with E-state index in [0.29, 0.717) is 0 Å². The van der Waals surface area contributed by atoms with Gasteiger partial charge in [-0.2, -0.15) is 0 Å². The van der Waals surface area contributed by atoms with Crippen LogP contribution in [0.15, 0.2) is 4.99 Å². The van der Waals surface area contributed by atoms with Gasteiger partial charge in [0.1, 0.15) is 30.7 Å². The summed E-state index contributed by atoms with van der Waals surface area (Å²) in [4.78, 5) is 105. The van der Waals surface area contributed by atoms with E-state index in [0.717, 1.165) is 58.3 Å². The molecule has 0 aromatic carbocycles. The maximum absolute atomic E-state index is 13.1. The van der Waals surface area contributed by atoms with Crippen LogP contribution in [0.25, 0.3) is 0 Å². The Balaban J connectivity index is 2.22. The van der Waals surface area contributed by atoms with Crippen LogP contribution in [0.1, 0.15) is 68.7 Å². The van der Waals surface area contributed by atoms with Crippen molar-refractivity contribution in [3.63, 3.8) is 0 Å². The Bertz CT molecular complexity index is 1640. The molecule has 0 spiro atoms. The lowest BCUT2D eigenvalue weighted by atomic mass is 9.93. The highest BCUT2D eigenvalue weighted by molar-refractivity contribution is 8.15. The molecule has 326 valence electrons. The summed E-state index contributed by atoms with van der Waals surface area (Å²) in [5.41, 5.74) is 0. The normalized spacial score (nSPS) is 29.3. The van der Waals surface area contributed by atoms with Gasteiger partial charge in [-0.25, -0.2) is 10.0 Å². The third kappa shape index (κ3) is 14.0. The van der Waals surface area contributed by atoms with Crippen molar-refractivity contribution in [2.24, 2.45) is 4.99 Å². The third-order valence-electron chi connectivity index (χ3n) is 7.77. The number of carbonyl (C=O) groups excluding carboxylic acids is 8. The Morgan fingerprint density at radius 3 is 1.72 bits per heavy atom. The molecular weight excluding hydrogens is 837 g/mol. The van der Waals surface area contributed by atoms with Crippen molar-refractivity contribution in [1.82, 2.24) is 10.2 Å². The van der Waals surface area contributed by atoms with Gasteiger partial charge in [-0.05, 0) is 32.6 Å². The average Bonchev–Trinajstić information content (AvgIpc) is 3.42. The molecule has 3 saturated heterocycles. The zero-order chi connectivity index (χ0) is 43.5. The topological polar surface area (TPSA) is 266 Å². The van der Waals surface area contributed by atoms with Crippen LogP contribution in [0.2, 0.25) is 0 Å². The zero-order valence-electron chi connectivity index (χ0n) is 33.2. The number of ether oxygens (including phenoxy) is 9. The Kier molecular flexibility index (Phi) is 18.6. The van der Waals surface area contributed by atoms with Crippen LogP contribution in [0.4, 0.5) is 0 Å². The first kappa shape index (κ1) is 48.8. The second-order valence-corrected chi connectivity index (χ2v) is 16.7. The van der Waals surface area contributed by atoms with Crippen molar-refractivity contribution in [3.05, 3.63) is 0 Å². The second-order valence-electron chi connectivity index (χ2n) is 12.7. The Labute approximate surface area is 343 Å². The lowest BCUT2D eigenvalue weighted by Crippen LogP contribution is -2.66. The Morgan fingerprint density at radius 2 is 1.22 bits per heavy atom. The van der Waals surface area contributed by atoms with E-state index in [9.17, 15) is 38.4 Å². The predicted octanol–water partition coefficient (Wildman–Crippen LogP) is 0.756. The van der Waals surface area contributed by atoms with Gasteiger partial charge in [0, 0.05) is 48.0 Å². The molecule has 3 aliphatic heterocycles. The maximum Gasteiger partial charge on any atom is 0.303 e. The number of ketones is 1. The number of nitrogens with zero attached hydrogens (tertiary/aromatic N) is 2. The van der Waals surface area contributed by atoms with Gasteiger partial charge in [0.2, 0.25) is 0 Å². The highest BCUT2D eigenvalue weighted by Crippen LogP contribution is 2.45. The molecule has 58 heavy (non-hydrogen) atoms. The molecule has 3 fully saturated rings. The van der Waals surface area contributed by atoms with Crippen molar-refractivity contribution >= 4 is 82.9 Å². The monoisotopic (exact) mass is 885 g/mol. The van der Waals surface area contributed by atoms with Crippen LogP contribution in [0, 0.1) is 0 Å². The Hall–Kier alpha value is -3.61. The van der Waals surface area contributed by atoms with Crippen LogP contribution in [0.5, 0.6) is 0 Å². The number of rotatable bonds is 18. The van der Waals surface area contributed by atoms with Gasteiger partial charge < -0.3 is 51.7 Å². The van der Waals surface area contributed by atoms with Gasteiger partial charge in [0.15, 0.2) is 48.2 Å². The van der Waals surface area contributed by atoms with Crippen molar-refractivity contribution in [2.45, 2.75) is 130 Å². The molecule has 1 amide bonds. The molecule has 22 nitrogen and oxygen atoms in total. The number of Topliss-reactive ketones (excluding diaryl/α,β-unsaturated/α-hetero) is 1. The van der Waals surface area contributed by atoms with Crippen LogP contribution < -0.4 is 5.20 Å². The lowest BCUT2D eigenvalue weighted by molar-refractivity contribution is -0.342. The highest BCUT2D eigenvalue weighted by atomic mass is 32.5. The summed E-state index contributed by atoms with van der Waals surface area (Å²) in [6, 6.07) is 0. The molecular formula is C33H48N3O19PS2. The van der Waals surface area contributed by atoms with Gasteiger partial charge >= 0.3 is 35.8 Å². The predicted molar refractivity (Wildman–Crippen MR) is 199 cm³/mol. The summed E-state index contributed by atoms with van der Waals surface area (Å²) in [5, 5.41) is 3.74. The van der Waals surface area contributed by atoms with E-state index in [2.05, 4.69) is 10.2 Å². The van der Waals surface area contributed by atoms with Crippen molar-refractivity contribution < 1.29 is 90.0 Å². The lowest BCUT2D eigenvalue weighted by Gasteiger charge is -2.48. The van der Waals surface area contributed by atoms with Crippen LogP contribution in [-0.2, 0) is 102 Å². The number of amides is 1. The summed E-state index contributed by atoms with van der Waals surface area (Å²) in [6.07, 6.45) is -16.6. The SMILES string of the molecule is CCOP(=S)(NN1C(=O)CSC1=N[C@@H]1O[C@H](COC(C)=O)[C@@H](O[C@@H]2O[C@H](CC(C)=O)[C@H](OC(C)=O)[C@H](OC(C)=O)[C@H]2OC(C)=O)[C@H](OC(C)=O)[C@H]1OC(C)=O)OCC. The van der Waals surface area contributed by atoms with E-state index >= 15 is 0 Å². The van der Waals surface area contributed by atoms with Crippen LogP contribution in [0.3, 0.4) is 0 Å². The molecule has 0 saturated carbocycles. The summed E-state index contributed by atoms with van der Waals surface area (Å²) < 4.78 is 63.0. The number of thioether (sulfide) groups is 1. The molecule has 0 bridgehead atoms. The number of hydrogen-bond donors (Lipinski definition) is 1. The largest absolute Gasteiger partial charge is 0.463 e. The van der Waals surface area contributed by atoms with Gasteiger partial charge in [0.05, 0.1) is 19.0 Å². The molecule has 3 rings (SSSR count). The van der Waals surface area contributed by atoms with Gasteiger partial charge in [-0.3, -0.25) is 38.4 Å². The Morgan fingerprint density at radius 1 is 0.724 bits per heavy atom. The molecule has 25 heteroatoms. The van der Waals surface area contributed by atoms with E-state index in [-0.39, 0.29) is 24.1 Å². The number of aliphatic imine (C=N–C) groups is 1. The maximum atomic E-state index is 13.1. The fourth-order valence-corrected chi connectivity index (χ4v) is 9.03. The highest BCUT2D eigenvalue weighted by Gasteiger charge is 2.57. The van der Waals surface area contributed by atoms with Crippen molar-refractivity contribution in [3.8, 4) is 0 Å². The van der Waals surface area contributed by atoms with Crippen molar-refractivity contribution in [1.29, 1.82) is 0 Å². The number of esters is 6. The first-order chi connectivity index (χ1) is 27.2. The minimum atomic E-state index is -3.30. The molecule has 10 atom stereocenters. The summed E-state index contributed by atoms with van der Waals surface area (Å²) >= 11 is 6.49. The van der Waals surface area contributed by atoms with Crippen molar-refractivity contribution in [2.75, 3.05) is 25.6 Å². The summed E-state index contributed by atoms with van der Waals surface area (Å²) in [5.74, 6) is -6.42. The smallest absolute Gasteiger partial charge is 0.303 e. The molecule has 3 heterocycles. The average molecular weight is 886 g/mol. The molecule has 3 aliphatic rings. The number of hydrazine groups is 1. The third-order valence-corrected chi connectivity index (χ3v) is 11.2. The van der Waals surface area contributed by atoms with E-state index in [1.165, 1.54) is 6.92 Å². The minimum Gasteiger partial charge on any atom is -0.463 e. The first-order valence-electron chi connectivity index (χ1n) is 17.8.